The maximum Gasteiger partial charge on any atom is 0.314 e. The summed E-state index contributed by atoms with van der Waals surface area (Å²) in [5.41, 5.74) is 0.833. The number of amides is 1. The first-order chi connectivity index (χ1) is 10.2. The maximum atomic E-state index is 11.5. The number of hydrogen-bond donors (Lipinski definition) is 1. The summed E-state index contributed by atoms with van der Waals surface area (Å²) in [6.45, 7) is 0. The third kappa shape index (κ3) is 3.91. The number of rotatable bonds is 4. The number of carbonyl (C=O) groups is 2. The highest BCUT2D eigenvalue weighted by Gasteiger charge is 2.31. The van der Waals surface area contributed by atoms with Crippen molar-refractivity contribution >= 4 is 35.0 Å². The molecular weight excluding hydrogens is 290 g/mol. The van der Waals surface area contributed by atoms with E-state index in [1.54, 1.807) is 30.5 Å². The Labute approximate surface area is 125 Å². The summed E-state index contributed by atoms with van der Waals surface area (Å²) in [6.07, 6.45) is 3.43. The molecule has 6 nitrogen and oxygen atoms in total. The summed E-state index contributed by atoms with van der Waals surface area (Å²) in [5, 5.41) is 10.9. The number of nitrogens with zero attached hydrogens (tertiary/aromatic N) is 2. The maximum absolute atomic E-state index is 11.5. The Morgan fingerprint density at radius 1 is 1.33 bits per heavy atom. The number of esters is 1. The molecule has 108 valence electrons. The van der Waals surface area contributed by atoms with Crippen molar-refractivity contribution < 1.29 is 14.3 Å². The van der Waals surface area contributed by atoms with Gasteiger partial charge in [0.15, 0.2) is 5.17 Å². The van der Waals surface area contributed by atoms with E-state index in [2.05, 4.69) is 15.5 Å². The average Bonchev–Trinajstić information content (AvgIpc) is 3.25. The summed E-state index contributed by atoms with van der Waals surface area (Å²) in [6, 6.07) is 7.03. The molecular formula is C14H13N3O3S. The van der Waals surface area contributed by atoms with Gasteiger partial charge in [-0.3, -0.25) is 9.59 Å². The molecule has 0 atom stereocenters. The van der Waals surface area contributed by atoms with Crippen LogP contribution in [-0.4, -0.2) is 29.0 Å². The molecule has 1 aliphatic carbocycles. The summed E-state index contributed by atoms with van der Waals surface area (Å²) < 4.78 is 5.23. The molecule has 1 heterocycles. The lowest BCUT2D eigenvalue weighted by Gasteiger charge is -2.02. The fraction of sp³-hybridized carbons (Fsp3) is 0.286. The number of thioether (sulfide) groups is 1. The number of hydrogen-bond acceptors (Lipinski definition) is 6. The van der Waals surface area contributed by atoms with E-state index in [1.807, 2.05) is 0 Å². The van der Waals surface area contributed by atoms with Gasteiger partial charge in [0, 0.05) is 0 Å². The van der Waals surface area contributed by atoms with Crippen LogP contribution >= 0.6 is 11.8 Å². The van der Waals surface area contributed by atoms with E-state index < -0.39 is 0 Å². The molecule has 0 radical (unpaired) electrons. The van der Waals surface area contributed by atoms with Gasteiger partial charge in [-0.05, 0) is 42.7 Å². The van der Waals surface area contributed by atoms with E-state index >= 15 is 0 Å². The third-order valence-corrected chi connectivity index (χ3v) is 3.81. The molecule has 0 aromatic heterocycles. The highest BCUT2D eigenvalue weighted by Crippen LogP contribution is 2.30. The minimum Gasteiger partial charge on any atom is -0.426 e. The normalized spacial score (nSPS) is 20.0. The van der Waals surface area contributed by atoms with Crippen molar-refractivity contribution in [1.82, 2.24) is 5.32 Å². The molecule has 7 heteroatoms. The lowest BCUT2D eigenvalue weighted by molar-refractivity contribution is -0.135. The van der Waals surface area contributed by atoms with Gasteiger partial charge in [0.1, 0.15) is 5.75 Å². The minimum absolute atomic E-state index is 0.0595. The van der Waals surface area contributed by atoms with Crippen molar-refractivity contribution in [3.05, 3.63) is 29.8 Å². The molecule has 1 aromatic rings. The molecule has 0 unspecified atom stereocenters. The van der Waals surface area contributed by atoms with Gasteiger partial charge >= 0.3 is 5.97 Å². The summed E-state index contributed by atoms with van der Waals surface area (Å²) in [5.74, 6) is 0.790. The molecule has 1 aromatic carbocycles. The lowest BCUT2D eigenvalue weighted by atomic mass is 10.2. The summed E-state index contributed by atoms with van der Waals surface area (Å²) >= 11 is 1.32. The van der Waals surface area contributed by atoms with Crippen LogP contribution in [0.3, 0.4) is 0 Å². The molecule has 1 amide bonds. The molecule has 3 rings (SSSR count). The van der Waals surface area contributed by atoms with E-state index in [4.69, 9.17) is 4.74 Å². The Bertz CT molecular complexity index is 621. The first kappa shape index (κ1) is 13.8. The first-order valence-corrected chi connectivity index (χ1v) is 7.55. The minimum atomic E-state index is -0.156. The molecule has 0 spiro atoms. The standard InChI is InChI=1S/C14H13N3O3S/c18-12-8-21-14(16-12)17-15-7-9-1-5-11(6-2-9)20-13(19)10-3-4-10/h1-2,5-7,10H,3-4,8H2,(H,16,17,18). The van der Waals surface area contributed by atoms with Gasteiger partial charge in [0.05, 0.1) is 17.9 Å². The molecule has 2 aliphatic rings. The van der Waals surface area contributed by atoms with Gasteiger partial charge in [-0.2, -0.15) is 5.10 Å². The third-order valence-electron chi connectivity index (χ3n) is 2.95. The zero-order chi connectivity index (χ0) is 14.7. The van der Waals surface area contributed by atoms with Crippen LogP contribution in [-0.2, 0) is 9.59 Å². The van der Waals surface area contributed by atoms with Gasteiger partial charge in [0.25, 0.3) is 0 Å². The predicted molar refractivity (Wildman–Crippen MR) is 80.4 cm³/mol. The fourth-order valence-corrected chi connectivity index (χ4v) is 2.30. The van der Waals surface area contributed by atoms with Crippen LogP contribution in [0.4, 0.5) is 0 Å². The van der Waals surface area contributed by atoms with Gasteiger partial charge in [-0.15, -0.1) is 5.10 Å². The molecule has 1 saturated heterocycles. The number of ether oxygens (including phenoxy) is 1. The second-order valence-corrected chi connectivity index (χ2v) is 5.72. The Morgan fingerprint density at radius 3 is 2.71 bits per heavy atom. The van der Waals surface area contributed by atoms with Gasteiger partial charge in [-0.25, -0.2) is 0 Å². The highest BCUT2D eigenvalue weighted by atomic mass is 32.2. The van der Waals surface area contributed by atoms with Crippen LogP contribution < -0.4 is 10.1 Å². The quantitative estimate of drug-likeness (QED) is 0.396. The average molecular weight is 303 g/mol. The monoisotopic (exact) mass is 303 g/mol. The fourth-order valence-electron chi connectivity index (χ4n) is 1.67. The number of amidine groups is 1. The van der Waals surface area contributed by atoms with E-state index in [0.717, 1.165) is 18.4 Å². The topological polar surface area (TPSA) is 80.1 Å². The second-order valence-electron chi connectivity index (χ2n) is 4.75. The van der Waals surface area contributed by atoms with Crippen LogP contribution in [0.2, 0.25) is 0 Å². The first-order valence-electron chi connectivity index (χ1n) is 6.56. The van der Waals surface area contributed by atoms with Crippen LogP contribution in [0.1, 0.15) is 18.4 Å². The van der Waals surface area contributed by atoms with Crippen molar-refractivity contribution in [2.24, 2.45) is 16.1 Å². The van der Waals surface area contributed by atoms with Crippen molar-refractivity contribution in [3.63, 3.8) is 0 Å². The lowest BCUT2D eigenvalue weighted by Crippen LogP contribution is -2.19. The predicted octanol–water partition coefficient (Wildman–Crippen LogP) is 1.55. The van der Waals surface area contributed by atoms with Gasteiger partial charge in [-0.1, -0.05) is 11.8 Å². The summed E-state index contributed by atoms with van der Waals surface area (Å²) in [4.78, 5) is 22.5. The summed E-state index contributed by atoms with van der Waals surface area (Å²) in [7, 11) is 0. The smallest absolute Gasteiger partial charge is 0.314 e. The Hall–Kier alpha value is -2.15. The van der Waals surface area contributed by atoms with Crippen LogP contribution in [0.25, 0.3) is 0 Å². The largest absolute Gasteiger partial charge is 0.426 e. The zero-order valence-electron chi connectivity index (χ0n) is 11.1. The van der Waals surface area contributed by atoms with Crippen molar-refractivity contribution in [2.75, 3.05) is 5.75 Å². The molecule has 1 N–H and O–H groups in total. The Morgan fingerprint density at radius 2 is 2.10 bits per heavy atom. The van der Waals surface area contributed by atoms with Crippen LogP contribution in [0.15, 0.2) is 34.5 Å². The van der Waals surface area contributed by atoms with Crippen LogP contribution in [0.5, 0.6) is 5.75 Å². The zero-order valence-corrected chi connectivity index (χ0v) is 11.9. The number of carbonyl (C=O) groups excluding carboxylic acids is 2. The number of benzene rings is 1. The molecule has 1 aliphatic heterocycles. The van der Waals surface area contributed by atoms with Gasteiger partial charge in [0.2, 0.25) is 5.91 Å². The van der Waals surface area contributed by atoms with Crippen molar-refractivity contribution in [1.29, 1.82) is 0 Å². The van der Waals surface area contributed by atoms with Crippen molar-refractivity contribution in [2.45, 2.75) is 12.8 Å². The number of nitrogens with one attached hydrogen (secondary N) is 1. The SMILES string of the molecule is O=C1CSC(=NN=Cc2ccc(OC(=O)C3CC3)cc2)N1. The Kier molecular flexibility index (Phi) is 4.01. The molecule has 1 saturated carbocycles. The highest BCUT2D eigenvalue weighted by molar-refractivity contribution is 8.15. The van der Waals surface area contributed by atoms with E-state index in [9.17, 15) is 9.59 Å². The van der Waals surface area contributed by atoms with E-state index in [0.29, 0.717) is 16.7 Å². The second kappa shape index (κ2) is 6.09. The molecule has 0 bridgehead atoms. The van der Waals surface area contributed by atoms with Crippen LogP contribution in [0, 0.1) is 5.92 Å². The van der Waals surface area contributed by atoms with Crippen molar-refractivity contribution in [3.8, 4) is 5.75 Å². The van der Waals surface area contributed by atoms with E-state index in [-0.39, 0.29) is 17.8 Å². The van der Waals surface area contributed by atoms with Gasteiger partial charge < -0.3 is 10.1 Å². The van der Waals surface area contributed by atoms with E-state index in [1.165, 1.54) is 11.8 Å². The Balaban J connectivity index is 1.56. The molecule has 2 fully saturated rings. The molecule has 21 heavy (non-hydrogen) atoms.